The molecule has 0 saturated carbocycles. The summed E-state index contributed by atoms with van der Waals surface area (Å²) in [6, 6.07) is 14.5. The average molecular weight is 400 g/mol. The molecule has 0 fully saturated rings. The molecule has 0 radical (unpaired) electrons. The van der Waals surface area contributed by atoms with Gasteiger partial charge in [-0.25, -0.2) is 0 Å². The molecule has 5 heteroatoms. The van der Waals surface area contributed by atoms with Crippen LogP contribution in [0.3, 0.4) is 0 Å². The highest BCUT2D eigenvalue weighted by molar-refractivity contribution is 14.1. The summed E-state index contributed by atoms with van der Waals surface area (Å²) < 4.78 is 5.18. The maximum atomic E-state index is 4.49. The smallest absolute Gasteiger partial charge is 0.123 e. The van der Waals surface area contributed by atoms with Crippen molar-refractivity contribution in [3.63, 3.8) is 0 Å². The van der Waals surface area contributed by atoms with E-state index in [9.17, 15) is 0 Å². The fourth-order valence-electron chi connectivity index (χ4n) is 2.73. The molecule has 0 atom stereocenters. The molecule has 0 amide bonds. The molecule has 0 unspecified atom stereocenters. The molecule has 0 aromatic carbocycles. The monoisotopic (exact) mass is 400 g/mol. The van der Waals surface area contributed by atoms with Gasteiger partial charge >= 0.3 is 0 Å². The summed E-state index contributed by atoms with van der Waals surface area (Å²) in [5, 5.41) is 4.49. The van der Waals surface area contributed by atoms with Crippen molar-refractivity contribution in [1.82, 2.24) is 19.2 Å². The van der Waals surface area contributed by atoms with Crippen LogP contribution in [-0.4, -0.2) is 19.2 Å². The maximum absolute atomic E-state index is 4.49. The molecule has 0 spiro atoms. The second-order valence-corrected chi connectivity index (χ2v) is 6.20. The van der Waals surface area contributed by atoms with Gasteiger partial charge in [0, 0.05) is 41.4 Å². The lowest BCUT2D eigenvalue weighted by molar-refractivity contribution is 0.682. The average Bonchev–Trinajstić information content (AvgIpc) is 3.11. The Morgan fingerprint density at radius 1 is 1.05 bits per heavy atom. The number of pyridine rings is 2. The summed E-state index contributed by atoms with van der Waals surface area (Å²) in [7, 11) is 0. The quantitative estimate of drug-likeness (QED) is 0.490. The molecule has 4 nitrogen and oxygen atoms in total. The molecular formula is C17H13IN4. The second kappa shape index (κ2) is 5.57. The van der Waals surface area contributed by atoms with Crippen molar-refractivity contribution in [3.05, 3.63) is 76.5 Å². The predicted molar refractivity (Wildman–Crippen MR) is 94.7 cm³/mol. The first-order valence-electron chi connectivity index (χ1n) is 6.99. The van der Waals surface area contributed by atoms with Crippen LogP contribution in [0.2, 0.25) is 0 Å². The van der Waals surface area contributed by atoms with Gasteiger partial charge in [0.1, 0.15) is 3.70 Å². The van der Waals surface area contributed by atoms with Gasteiger partial charge in [0.15, 0.2) is 0 Å². The molecule has 0 aliphatic rings. The minimum Gasteiger partial charge on any atom is -0.316 e. The number of halogens is 1. The number of nitrogens with zero attached hydrogens (tertiary/aromatic N) is 4. The van der Waals surface area contributed by atoms with Crippen LogP contribution < -0.4 is 0 Å². The van der Waals surface area contributed by atoms with Gasteiger partial charge < -0.3 is 4.40 Å². The Bertz CT molecular complexity index is 924. The molecular weight excluding hydrogens is 387 g/mol. The van der Waals surface area contributed by atoms with Crippen molar-refractivity contribution in [2.24, 2.45) is 0 Å². The number of fused-ring (bicyclic) bond motifs is 1. The van der Waals surface area contributed by atoms with Gasteiger partial charge in [0.25, 0.3) is 0 Å². The first kappa shape index (κ1) is 13.5. The van der Waals surface area contributed by atoms with Gasteiger partial charge in [0.2, 0.25) is 0 Å². The minimum atomic E-state index is 0.745. The molecule has 0 aliphatic heterocycles. The zero-order valence-corrected chi connectivity index (χ0v) is 13.9. The molecule has 4 heterocycles. The Balaban J connectivity index is 1.90. The summed E-state index contributed by atoms with van der Waals surface area (Å²) in [4.78, 5) is 4.26. The molecule has 0 saturated heterocycles. The summed E-state index contributed by atoms with van der Waals surface area (Å²) in [6.45, 7) is 0.745. The van der Waals surface area contributed by atoms with Crippen LogP contribution in [-0.2, 0) is 6.54 Å². The zero-order chi connectivity index (χ0) is 14.9. The maximum Gasteiger partial charge on any atom is 0.123 e. The van der Waals surface area contributed by atoms with E-state index in [-0.39, 0.29) is 0 Å². The Morgan fingerprint density at radius 2 is 2.00 bits per heavy atom. The van der Waals surface area contributed by atoms with E-state index >= 15 is 0 Å². The third-order valence-electron chi connectivity index (χ3n) is 3.63. The summed E-state index contributed by atoms with van der Waals surface area (Å²) in [6.07, 6.45) is 7.81. The van der Waals surface area contributed by atoms with Crippen LogP contribution in [0.4, 0.5) is 0 Å². The first-order valence-corrected chi connectivity index (χ1v) is 8.07. The van der Waals surface area contributed by atoms with Crippen LogP contribution in [0.25, 0.3) is 16.8 Å². The molecule has 0 N–H and O–H groups in total. The molecule has 4 aromatic heterocycles. The minimum absolute atomic E-state index is 0.745. The Labute approximate surface area is 141 Å². The molecule has 22 heavy (non-hydrogen) atoms. The van der Waals surface area contributed by atoms with E-state index in [1.807, 2.05) is 35.3 Å². The molecule has 4 rings (SSSR count). The summed E-state index contributed by atoms with van der Waals surface area (Å²) in [5.41, 5.74) is 4.71. The summed E-state index contributed by atoms with van der Waals surface area (Å²) >= 11 is 2.23. The van der Waals surface area contributed by atoms with Gasteiger partial charge in [-0.1, -0.05) is 6.07 Å². The topological polar surface area (TPSA) is 35.1 Å². The van der Waals surface area contributed by atoms with Gasteiger partial charge in [0.05, 0.1) is 12.2 Å². The third-order valence-corrected chi connectivity index (χ3v) is 4.21. The Morgan fingerprint density at radius 3 is 2.77 bits per heavy atom. The highest BCUT2D eigenvalue weighted by atomic mass is 127. The fourth-order valence-corrected chi connectivity index (χ4v) is 3.16. The van der Waals surface area contributed by atoms with Crippen molar-refractivity contribution >= 4 is 28.1 Å². The molecule has 4 aromatic rings. The van der Waals surface area contributed by atoms with E-state index < -0.39 is 0 Å². The standard InChI is InChI=1S/C17H13IN4/c18-16-6-9-21(20-16)12-14-10-15-5-1-2-8-22(15)17(14)13-4-3-7-19-11-13/h1-11H,12H2. The highest BCUT2D eigenvalue weighted by Crippen LogP contribution is 2.27. The Kier molecular flexibility index (Phi) is 3.42. The number of aromatic nitrogens is 4. The normalized spacial score (nSPS) is 11.1. The number of hydrogen-bond donors (Lipinski definition) is 0. The SMILES string of the molecule is Ic1ccn(Cc2cc3ccccn3c2-c2cccnc2)n1. The van der Waals surface area contributed by atoms with Crippen molar-refractivity contribution < 1.29 is 0 Å². The van der Waals surface area contributed by atoms with Gasteiger partial charge in [-0.15, -0.1) is 0 Å². The summed E-state index contributed by atoms with van der Waals surface area (Å²) in [5.74, 6) is 0. The zero-order valence-electron chi connectivity index (χ0n) is 11.7. The number of rotatable bonds is 3. The number of hydrogen-bond acceptors (Lipinski definition) is 2. The lowest BCUT2D eigenvalue weighted by atomic mass is 10.1. The Hall–Kier alpha value is -2.15. The first-order chi connectivity index (χ1) is 10.8. The third kappa shape index (κ3) is 2.41. The van der Waals surface area contributed by atoms with Gasteiger partial charge in [-0.2, -0.15) is 5.10 Å². The van der Waals surface area contributed by atoms with Crippen molar-refractivity contribution in [2.45, 2.75) is 6.54 Å². The molecule has 0 aliphatic carbocycles. The lowest BCUT2D eigenvalue weighted by Gasteiger charge is -2.07. The largest absolute Gasteiger partial charge is 0.316 e. The van der Waals surface area contributed by atoms with Gasteiger partial charge in [-0.05, 0) is 59.0 Å². The fraction of sp³-hybridized carbons (Fsp3) is 0.0588. The molecule has 0 bridgehead atoms. The van der Waals surface area contributed by atoms with Gasteiger partial charge in [-0.3, -0.25) is 9.67 Å². The highest BCUT2D eigenvalue weighted by Gasteiger charge is 2.13. The van der Waals surface area contributed by atoms with E-state index in [4.69, 9.17) is 0 Å². The van der Waals surface area contributed by atoms with Crippen molar-refractivity contribution in [1.29, 1.82) is 0 Å². The van der Waals surface area contributed by atoms with Crippen LogP contribution in [0.15, 0.2) is 67.3 Å². The second-order valence-electron chi connectivity index (χ2n) is 5.09. The lowest BCUT2D eigenvalue weighted by Crippen LogP contribution is -2.01. The van der Waals surface area contributed by atoms with Crippen LogP contribution >= 0.6 is 22.6 Å². The van der Waals surface area contributed by atoms with E-state index in [1.54, 1.807) is 6.20 Å². The van der Waals surface area contributed by atoms with Crippen LogP contribution in [0.5, 0.6) is 0 Å². The van der Waals surface area contributed by atoms with Crippen LogP contribution in [0.1, 0.15) is 5.56 Å². The predicted octanol–water partition coefficient (Wildman–Crippen LogP) is 3.85. The van der Waals surface area contributed by atoms with E-state index in [2.05, 4.69) is 67.5 Å². The van der Waals surface area contributed by atoms with E-state index in [1.165, 1.54) is 16.8 Å². The molecule has 108 valence electrons. The van der Waals surface area contributed by atoms with Crippen molar-refractivity contribution in [2.75, 3.05) is 0 Å². The van der Waals surface area contributed by atoms with E-state index in [0.29, 0.717) is 0 Å². The van der Waals surface area contributed by atoms with E-state index in [0.717, 1.165) is 15.8 Å². The van der Waals surface area contributed by atoms with Crippen LogP contribution in [0, 0.1) is 3.70 Å². The van der Waals surface area contributed by atoms with Crippen molar-refractivity contribution in [3.8, 4) is 11.3 Å².